The molecule has 2 aromatic heterocycles. The highest BCUT2D eigenvalue weighted by Gasteiger charge is 2.16. The average Bonchev–Trinajstić information content (AvgIpc) is 3.77. The molecule has 0 fully saturated rings. The second-order valence-corrected chi connectivity index (χ2v) is 11.6. The maximum Gasteiger partial charge on any atom is 0.258 e. The van der Waals surface area contributed by atoms with Crippen LogP contribution in [0.4, 0.5) is 17.1 Å². The molecule has 222 valence electrons. The molecular formula is C42H28N4O. The number of fused-ring (bicyclic) bond motifs is 4. The Balaban J connectivity index is 1.06. The number of hydrogen-bond acceptors (Lipinski definition) is 4. The number of anilines is 3. The molecule has 5 nitrogen and oxygen atoms in total. The van der Waals surface area contributed by atoms with Gasteiger partial charge in [-0.2, -0.15) is 4.98 Å². The summed E-state index contributed by atoms with van der Waals surface area (Å²) in [6, 6.07) is 59.1. The molecule has 0 spiro atoms. The van der Waals surface area contributed by atoms with Gasteiger partial charge in [-0.1, -0.05) is 96.2 Å². The summed E-state index contributed by atoms with van der Waals surface area (Å²) in [5, 5.41) is 9.12. The van der Waals surface area contributed by atoms with E-state index >= 15 is 0 Å². The molecule has 2 heterocycles. The van der Waals surface area contributed by atoms with E-state index in [-0.39, 0.29) is 0 Å². The predicted octanol–water partition coefficient (Wildman–Crippen LogP) is 11.1. The van der Waals surface area contributed by atoms with E-state index in [9.17, 15) is 0 Å². The molecule has 9 rings (SSSR count). The number of hydrogen-bond donors (Lipinski definition) is 0. The van der Waals surface area contributed by atoms with Crippen LogP contribution in [-0.2, 0) is 0 Å². The highest BCUT2D eigenvalue weighted by Crippen LogP contribution is 2.37. The number of rotatable bonds is 6. The summed E-state index contributed by atoms with van der Waals surface area (Å²) in [4.78, 5) is 6.99. The van der Waals surface area contributed by atoms with Gasteiger partial charge in [0.2, 0.25) is 5.82 Å². The lowest BCUT2D eigenvalue weighted by Crippen LogP contribution is -2.10. The molecule has 9 aromatic rings. The van der Waals surface area contributed by atoms with Gasteiger partial charge >= 0.3 is 0 Å². The van der Waals surface area contributed by atoms with Crippen molar-refractivity contribution in [1.29, 1.82) is 0 Å². The van der Waals surface area contributed by atoms with Gasteiger partial charge in [0.05, 0.1) is 11.0 Å². The third-order valence-corrected chi connectivity index (χ3v) is 8.77. The van der Waals surface area contributed by atoms with E-state index < -0.39 is 0 Å². The Morgan fingerprint density at radius 3 is 1.72 bits per heavy atom. The fraction of sp³-hybridized carbons (Fsp3) is 0. The van der Waals surface area contributed by atoms with E-state index in [0.29, 0.717) is 11.7 Å². The molecule has 0 unspecified atom stereocenters. The molecule has 0 bridgehead atoms. The third kappa shape index (κ3) is 4.73. The lowest BCUT2D eigenvalue weighted by molar-refractivity contribution is 0.432. The molecule has 0 aliphatic carbocycles. The Hall–Kier alpha value is -6.46. The molecule has 0 aliphatic rings. The van der Waals surface area contributed by atoms with Crippen molar-refractivity contribution in [2.45, 2.75) is 0 Å². The molecule has 0 amide bonds. The minimum atomic E-state index is 0.487. The second-order valence-electron chi connectivity index (χ2n) is 11.6. The topological polar surface area (TPSA) is 47.1 Å². The zero-order valence-corrected chi connectivity index (χ0v) is 25.4. The number of nitrogens with zero attached hydrogens (tertiary/aromatic N) is 4. The van der Waals surface area contributed by atoms with Gasteiger partial charge in [0.25, 0.3) is 5.89 Å². The lowest BCUT2D eigenvalue weighted by Gasteiger charge is -2.26. The minimum Gasteiger partial charge on any atom is -0.334 e. The van der Waals surface area contributed by atoms with E-state index in [1.54, 1.807) is 0 Å². The quantitative estimate of drug-likeness (QED) is 0.189. The van der Waals surface area contributed by atoms with Crippen molar-refractivity contribution in [2.24, 2.45) is 0 Å². The second kappa shape index (κ2) is 11.2. The van der Waals surface area contributed by atoms with Crippen LogP contribution in [-0.4, -0.2) is 14.7 Å². The van der Waals surface area contributed by atoms with Crippen LogP contribution >= 0.6 is 0 Å². The van der Waals surface area contributed by atoms with Crippen LogP contribution in [0.2, 0.25) is 0 Å². The Kier molecular flexibility index (Phi) is 6.39. The van der Waals surface area contributed by atoms with Crippen molar-refractivity contribution in [2.75, 3.05) is 4.90 Å². The lowest BCUT2D eigenvalue weighted by atomic mass is 10.1. The van der Waals surface area contributed by atoms with E-state index in [1.165, 1.54) is 27.2 Å². The van der Waals surface area contributed by atoms with E-state index in [2.05, 4.69) is 148 Å². The van der Waals surface area contributed by atoms with Gasteiger partial charge < -0.3 is 14.0 Å². The zero-order chi connectivity index (χ0) is 31.2. The molecular weight excluding hydrogens is 576 g/mol. The predicted molar refractivity (Wildman–Crippen MR) is 192 cm³/mol. The van der Waals surface area contributed by atoms with Crippen LogP contribution in [0.25, 0.3) is 61.1 Å². The maximum atomic E-state index is 5.72. The van der Waals surface area contributed by atoms with E-state index in [0.717, 1.165) is 39.3 Å². The van der Waals surface area contributed by atoms with Crippen molar-refractivity contribution < 1.29 is 4.52 Å². The zero-order valence-electron chi connectivity index (χ0n) is 25.4. The molecule has 7 aromatic carbocycles. The number of benzene rings is 7. The Morgan fingerprint density at radius 2 is 1.02 bits per heavy atom. The monoisotopic (exact) mass is 604 g/mol. The Labute approximate surface area is 271 Å². The van der Waals surface area contributed by atoms with Gasteiger partial charge in [0.1, 0.15) is 0 Å². The molecule has 5 heteroatoms. The molecule has 0 saturated heterocycles. The molecule has 0 aliphatic heterocycles. The summed E-state index contributed by atoms with van der Waals surface area (Å²) in [7, 11) is 0. The smallest absolute Gasteiger partial charge is 0.258 e. The van der Waals surface area contributed by atoms with E-state index in [4.69, 9.17) is 9.51 Å². The number of aromatic nitrogens is 3. The molecule has 0 atom stereocenters. The van der Waals surface area contributed by atoms with Crippen LogP contribution in [0.15, 0.2) is 174 Å². The van der Waals surface area contributed by atoms with Crippen LogP contribution in [0.3, 0.4) is 0 Å². The van der Waals surface area contributed by atoms with Gasteiger partial charge in [0, 0.05) is 44.6 Å². The first-order chi connectivity index (χ1) is 23.3. The van der Waals surface area contributed by atoms with Gasteiger partial charge in [-0.15, -0.1) is 0 Å². The first-order valence-electron chi connectivity index (χ1n) is 15.7. The first-order valence-corrected chi connectivity index (χ1v) is 15.7. The van der Waals surface area contributed by atoms with Gasteiger partial charge in [-0.25, -0.2) is 0 Å². The van der Waals surface area contributed by atoms with Crippen LogP contribution in [0.5, 0.6) is 0 Å². The Bertz CT molecular complexity index is 2460. The summed E-state index contributed by atoms with van der Waals surface area (Å²) >= 11 is 0. The molecule has 0 saturated carbocycles. The first kappa shape index (κ1) is 26.9. The maximum absolute atomic E-state index is 5.72. The van der Waals surface area contributed by atoms with Gasteiger partial charge in [0.15, 0.2) is 0 Å². The van der Waals surface area contributed by atoms with Crippen LogP contribution in [0, 0.1) is 0 Å². The average molecular weight is 605 g/mol. The van der Waals surface area contributed by atoms with Crippen molar-refractivity contribution >= 4 is 49.6 Å². The fourth-order valence-electron chi connectivity index (χ4n) is 6.52. The fourth-order valence-corrected chi connectivity index (χ4v) is 6.52. The largest absolute Gasteiger partial charge is 0.334 e. The van der Waals surface area contributed by atoms with E-state index in [1.807, 2.05) is 36.4 Å². The van der Waals surface area contributed by atoms with Gasteiger partial charge in [-0.3, -0.25) is 0 Å². The van der Waals surface area contributed by atoms with Crippen LogP contribution < -0.4 is 4.90 Å². The summed E-state index contributed by atoms with van der Waals surface area (Å²) in [5.41, 5.74) is 8.46. The molecule has 0 N–H and O–H groups in total. The Morgan fingerprint density at radius 1 is 0.468 bits per heavy atom. The molecule has 47 heavy (non-hydrogen) atoms. The highest BCUT2D eigenvalue weighted by atomic mass is 16.5. The highest BCUT2D eigenvalue weighted by molar-refractivity contribution is 6.09. The summed E-state index contributed by atoms with van der Waals surface area (Å²) < 4.78 is 8.06. The number of para-hydroxylation sites is 3. The van der Waals surface area contributed by atoms with Crippen molar-refractivity contribution in [3.05, 3.63) is 170 Å². The van der Waals surface area contributed by atoms with Gasteiger partial charge in [-0.05, 0) is 89.6 Å². The normalized spacial score (nSPS) is 11.4. The molecule has 0 radical (unpaired) electrons. The summed E-state index contributed by atoms with van der Waals surface area (Å²) in [6.07, 6.45) is 0. The standard InChI is InChI=1S/C42H28N4O/c1-2-12-33(13-3-1)45(35-24-26-36(27-25-35)46-39-16-8-6-14-37(39)38-15-7-9-17-40(38)46)34-22-20-30(21-23-34)42-43-41(44-47-42)32-19-18-29-10-4-5-11-31(29)28-32/h1-28H. The minimum absolute atomic E-state index is 0.487. The van der Waals surface area contributed by atoms with Crippen molar-refractivity contribution in [1.82, 2.24) is 14.7 Å². The van der Waals surface area contributed by atoms with Crippen molar-refractivity contribution in [3.8, 4) is 28.5 Å². The SMILES string of the molecule is c1ccc(N(c2ccc(-c3nc(-c4ccc5ccccc5c4)no3)cc2)c2ccc(-n3c4ccccc4c4ccccc43)cc2)cc1. The third-order valence-electron chi connectivity index (χ3n) is 8.77. The summed E-state index contributed by atoms with van der Waals surface area (Å²) in [6.45, 7) is 0. The summed E-state index contributed by atoms with van der Waals surface area (Å²) in [5.74, 6) is 1.06. The van der Waals surface area contributed by atoms with Crippen molar-refractivity contribution in [3.63, 3.8) is 0 Å². The van der Waals surface area contributed by atoms with Crippen LogP contribution in [0.1, 0.15) is 0 Å².